The Morgan fingerprint density at radius 2 is 1.83 bits per heavy atom. The Labute approximate surface area is 193 Å². The van der Waals surface area contributed by atoms with Gasteiger partial charge in [0.2, 0.25) is 5.91 Å². The summed E-state index contributed by atoms with van der Waals surface area (Å²) in [7, 11) is 0. The number of aromatic amines is 1. The fourth-order valence-corrected chi connectivity index (χ4v) is 3.21. The number of ether oxygens (including phenoxy) is 2. The van der Waals surface area contributed by atoms with E-state index in [1.807, 2.05) is 0 Å². The molecule has 2 aromatic heterocycles. The Balaban J connectivity index is 1.35. The van der Waals surface area contributed by atoms with Crippen molar-refractivity contribution in [3.63, 3.8) is 0 Å². The number of likely N-dealkylation sites (tertiary alicyclic amines) is 1. The fourth-order valence-electron chi connectivity index (χ4n) is 3.21. The summed E-state index contributed by atoms with van der Waals surface area (Å²) in [6.45, 7) is 0.468. The van der Waals surface area contributed by atoms with Crippen LogP contribution in [0, 0.1) is 0 Å². The lowest BCUT2D eigenvalue weighted by molar-refractivity contribution is -0.139. The summed E-state index contributed by atoms with van der Waals surface area (Å²) < 4.78 is 87.2. The summed E-state index contributed by atoms with van der Waals surface area (Å²) in [5, 5.41) is 7.49. The molecule has 0 saturated carbocycles. The number of H-pyrrole nitrogens is 1. The average molecular weight is 510 g/mol. The molecule has 1 saturated heterocycles. The van der Waals surface area contributed by atoms with Gasteiger partial charge in [0.05, 0.1) is 43.6 Å². The van der Waals surface area contributed by atoms with Gasteiger partial charge in [-0.2, -0.15) is 31.4 Å². The highest BCUT2D eigenvalue weighted by Gasteiger charge is 2.37. The number of anilines is 1. The van der Waals surface area contributed by atoms with Gasteiger partial charge < -0.3 is 19.7 Å². The van der Waals surface area contributed by atoms with Crippen LogP contribution in [-0.4, -0.2) is 69.9 Å². The largest absolute Gasteiger partial charge is 0.458 e. The van der Waals surface area contributed by atoms with Crippen LogP contribution in [0.1, 0.15) is 24.0 Å². The summed E-state index contributed by atoms with van der Waals surface area (Å²) in [4.78, 5) is 32.2. The Kier molecular flexibility index (Phi) is 8.14. The lowest BCUT2D eigenvalue weighted by Gasteiger charge is -2.17. The quantitative estimate of drug-likeness (QED) is 0.389. The first-order valence-corrected chi connectivity index (χ1v) is 10.3. The number of hydrogen-bond acceptors (Lipinski definition) is 8. The first-order chi connectivity index (χ1) is 16.4. The van der Waals surface area contributed by atoms with Crippen LogP contribution in [0.3, 0.4) is 0 Å². The summed E-state index contributed by atoms with van der Waals surface area (Å²) >= 11 is 0. The molecule has 1 fully saturated rings. The van der Waals surface area contributed by atoms with Crippen molar-refractivity contribution >= 4 is 11.6 Å². The lowest BCUT2D eigenvalue weighted by atomic mass is 10.2. The fraction of sp³-hybridized carbons (Fsp3) is 0.526. The summed E-state index contributed by atoms with van der Waals surface area (Å²) in [6.07, 6.45) is -7.39. The van der Waals surface area contributed by atoms with E-state index in [0.29, 0.717) is 25.4 Å². The van der Waals surface area contributed by atoms with Crippen molar-refractivity contribution in [2.45, 2.75) is 31.3 Å². The molecular weight excluding hydrogens is 490 g/mol. The second-order valence-corrected chi connectivity index (χ2v) is 7.40. The zero-order valence-electron chi connectivity index (χ0n) is 17.9. The number of rotatable bonds is 9. The Hall–Kier alpha value is -3.43. The van der Waals surface area contributed by atoms with Crippen LogP contribution in [0.25, 0.3) is 0 Å². The molecule has 3 heterocycles. The van der Waals surface area contributed by atoms with E-state index in [4.69, 9.17) is 9.47 Å². The first kappa shape index (κ1) is 26.2. The minimum atomic E-state index is -4.86. The molecule has 0 aromatic carbocycles. The second-order valence-electron chi connectivity index (χ2n) is 7.40. The van der Waals surface area contributed by atoms with Crippen molar-refractivity contribution in [1.82, 2.24) is 25.1 Å². The molecule has 3 rings (SSSR count). The average Bonchev–Trinajstić information content (AvgIpc) is 3.23. The maximum Gasteiger partial charge on any atom is 0.423 e. The molecule has 10 nitrogen and oxygen atoms in total. The summed E-state index contributed by atoms with van der Waals surface area (Å²) in [5.74, 6) is -0.254. The number of amides is 1. The van der Waals surface area contributed by atoms with Crippen LogP contribution in [0.5, 0.6) is 6.01 Å². The number of alkyl halides is 6. The van der Waals surface area contributed by atoms with E-state index >= 15 is 0 Å². The maximum absolute atomic E-state index is 13.0. The molecule has 0 bridgehead atoms. The van der Waals surface area contributed by atoms with Crippen LogP contribution in [-0.2, 0) is 21.9 Å². The van der Waals surface area contributed by atoms with Crippen molar-refractivity contribution < 1.29 is 40.6 Å². The van der Waals surface area contributed by atoms with Crippen LogP contribution >= 0.6 is 0 Å². The summed E-state index contributed by atoms with van der Waals surface area (Å²) in [5.41, 5.74) is -4.25. The molecule has 1 aliphatic rings. The molecule has 1 unspecified atom stereocenters. The van der Waals surface area contributed by atoms with Gasteiger partial charge in [-0.1, -0.05) is 0 Å². The number of nitrogens with zero attached hydrogens (tertiary/aromatic N) is 4. The van der Waals surface area contributed by atoms with Gasteiger partial charge in [-0.15, -0.1) is 0 Å². The van der Waals surface area contributed by atoms with Crippen LogP contribution < -0.4 is 15.6 Å². The molecule has 1 atom stereocenters. The van der Waals surface area contributed by atoms with Gasteiger partial charge in [0.1, 0.15) is 11.7 Å². The van der Waals surface area contributed by atoms with E-state index < -0.39 is 40.8 Å². The number of hydrogen-bond donors (Lipinski definition) is 2. The van der Waals surface area contributed by atoms with Crippen molar-refractivity contribution in [2.24, 2.45) is 0 Å². The highest BCUT2D eigenvalue weighted by atomic mass is 19.4. The van der Waals surface area contributed by atoms with E-state index in [1.54, 1.807) is 5.10 Å². The third-order valence-corrected chi connectivity index (χ3v) is 4.89. The molecule has 16 heteroatoms. The third-order valence-electron chi connectivity index (χ3n) is 4.89. The molecule has 192 valence electrons. The summed E-state index contributed by atoms with van der Waals surface area (Å²) in [6, 6.07) is -0.225. The second kappa shape index (κ2) is 10.9. The van der Waals surface area contributed by atoms with Crippen molar-refractivity contribution in [3.8, 4) is 6.01 Å². The molecule has 0 radical (unpaired) electrons. The minimum absolute atomic E-state index is 0.00383. The standard InChI is InChI=1S/C19H20F6N6O4/c20-18(21,22)11-7-27-17(28-8-11)35-12-1-4-31(10-12)14(32)2-5-34-6-3-26-13-9-29-30-16(33)15(13)19(23,24)25/h7-9,12H,1-6,10H2,(H2,26,30,33). The predicted molar refractivity (Wildman–Crippen MR) is 106 cm³/mol. The number of carbonyl (C=O) groups is 1. The molecule has 2 aromatic rings. The van der Waals surface area contributed by atoms with Gasteiger partial charge in [0, 0.05) is 31.9 Å². The van der Waals surface area contributed by atoms with E-state index in [2.05, 4.69) is 20.4 Å². The van der Waals surface area contributed by atoms with Gasteiger partial charge in [-0.3, -0.25) is 9.59 Å². The zero-order chi connectivity index (χ0) is 25.6. The number of halogens is 6. The maximum atomic E-state index is 13.0. The topological polar surface area (TPSA) is 122 Å². The molecular formula is C19H20F6N6O4. The minimum Gasteiger partial charge on any atom is -0.458 e. The normalized spacial score (nSPS) is 16.4. The van der Waals surface area contributed by atoms with E-state index in [9.17, 15) is 35.9 Å². The van der Waals surface area contributed by atoms with E-state index in [-0.39, 0.29) is 44.6 Å². The molecule has 35 heavy (non-hydrogen) atoms. The van der Waals surface area contributed by atoms with Crippen molar-refractivity contribution in [1.29, 1.82) is 0 Å². The third kappa shape index (κ3) is 7.27. The SMILES string of the molecule is O=C(CCOCCNc1cn[nH]c(=O)c1C(F)(F)F)N1CCC(Oc2ncc(C(F)(F)F)cn2)C1. The van der Waals surface area contributed by atoms with E-state index in [0.717, 1.165) is 6.20 Å². The first-order valence-electron chi connectivity index (χ1n) is 10.3. The highest BCUT2D eigenvalue weighted by molar-refractivity contribution is 5.76. The Bertz CT molecular complexity index is 1060. The van der Waals surface area contributed by atoms with Gasteiger partial charge in [-0.05, 0) is 0 Å². The lowest BCUT2D eigenvalue weighted by Crippen LogP contribution is -2.31. The van der Waals surface area contributed by atoms with Crippen LogP contribution in [0.2, 0.25) is 0 Å². The molecule has 0 spiro atoms. The Morgan fingerprint density at radius 1 is 1.11 bits per heavy atom. The van der Waals surface area contributed by atoms with Crippen molar-refractivity contribution in [3.05, 3.63) is 40.1 Å². The molecule has 1 amide bonds. The smallest absolute Gasteiger partial charge is 0.423 e. The van der Waals surface area contributed by atoms with Gasteiger partial charge >= 0.3 is 18.4 Å². The number of nitrogens with one attached hydrogen (secondary N) is 2. The molecule has 2 N–H and O–H groups in total. The van der Waals surface area contributed by atoms with Gasteiger partial charge in [-0.25, -0.2) is 15.1 Å². The number of aromatic nitrogens is 4. The van der Waals surface area contributed by atoms with Gasteiger partial charge in [0.15, 0.2) is 0 Å². The molecule has 1 aliphatic heterocycles. The van der Waals surface area contributed by atoms with Crippen LogP contribution in [0.4, 0.5) is 32.0 Å². The van der Waals surface area contributed by atoms with Crippen molar-refractivity contribution in [2.75, 3.05) is 38.2 Å². The van der Waals surface area contributed by atoms with Gasteiger partial charge in [0.25, 0.3) is 5.56 Å². The highest BCUT2D eigenvalue weighted by Crippen LogP contribution is 2.31. The zero-order valence-corrected chi connectivity index (χ0v) is 17.9. The van der Waals surface area contributed by atoms with Crippen LogP contribution in [0.15, 0.2) is 23.4 Å². The number of carbonyl (C=O) groups excluding carboxylic acids is 1. The molecule has 0 aliphatic carbocycles. The van der Waals surface area contributed by atoms with E-state index in [1.165, 1.54) is 4.90 Å². The predicted octanol–water partition coefficient (Wildman–Crippen LogP) is 2.10. The Morgan fingerprint density at radius 3 is 2.49 bits per heavy atom. The monoisotopic (exact) mass is 510 g/mol.